The first kappa shape index (κ1) is 10.3. The maximum Gasteiger partial charge on any atom is 0.0515 e. The summed E-state index contributed by atoms with van der Waals surface area (Å²) in [5, 5.41) is 9.16. The Hall–Kier alpha value is -0.760. The smallest absolute Gasteiger partial charge is 0.0515 e. The van der Waals surface area contributed by atoms with Crippen LogP contribution in [0.5, 0.6) is 0 Å². The zero-order chi connectivity index (χ0) is 9.68. The van der Waals surface area contributed by atoms with Gasteiger partial charge in [0.25, 0.3) is 0 Å². The fraction of sp³-hybridized carbons (Fsp3) is 0.636. The molecule has 0 bridgehead atoms. The standard InChI is InChI=1S/C11H19NO/c1-3-8-12-9-4-5-11(12)7-6-10(2)13/h4-5,9-10,13H,3,6-8H2,1-2H3. The summed E-state index contributed by atoms with van der Waals surface area (Å²) in [6, 6.07) is 4.21. The van der Waals surface area contributed by atoms with Gasteiger partial charge in [-0.25, -0.2) is 0 Å². The molecule has 1 unspecified atom stereocenters. The summed E-state index contributed by atoms with van der Waals surface area (Å²) in [6.45, 7) is 5.10. The molecule has 0 spiro atoms. The minimum Gasteiger partial charge on any atom is -0.393 e. The number of rotatable bonds is 5. The zero-order valence-corrected chi connectivity index (χ0v) is 8.53. The molecule has 1 aromatic heterocycles. The molecule has 1 heterocycles. The van der Waals surface area contributed by atoms with Crippen molar-refractivity contribution in [1.29, 1.82) is 0 Å². The molecule has 0 saturated carbocycles. The summed E-state index contributed by atoms with van der Waals surface area (Å²) in [6.07, 6.45) is 4.92. The van der Waals surface area contributed by atoms with Gasteiger partial charge in [0, 0.05) is 18.4 Å². The van der Waals surface area contributed by atoms with Crippen LogP contribution in [0.1, 0.15) is 32.4 Å². The Bertz CT molecular complexity index is 240. The number of hydrogen-bond donors (Lipinski definition) is 1. The fourth-order valence-electron chi connectivity index (χ4n) is 1.49. The van der Waals surface area contributed by atoms with E-state index in [1.54, 1.807) is 0 Å². The lowest BCUT2D eigenvalue weighted by Crippen LogP contribution is -2.06. The normalized spacial score (nSPS) is 13.2. The van der Waals surface area contributed by atoms with Crippen LogP contribution in [0.4, 0.5) is 0 Å². The monoisotopic (exact) mass is 181 g/mol. The zero-order valence-electron chi connectivity index (χ0n) is 8.53. The molecular formula is C11H19NO. The van der Waals surface area contributed by atoms with E-state index in [1.807, 2.05) is 6.92 Å². The molecule has 74 valence electrons. The van der Waals surface area contributed by atoms with E-state index in [2.05, 4.69) is 29.8 Å². The molecule has 1 aromatic rings. The van der Waals surface area contributed by atoms with Gasteiger partial charge in [-0.1, -0.05) is 6.92 Å². The third kappa shape index (κ3) is 3.23. The van der Waals surface area contributed by atoms with E-state index in [9.17, 15) is 0 Å². The van der Waals surface area contributed by atoms with Crippen LogP contribution in [0, 0.1) is 0 Å². The Kier molecular flexibility index (Phi) is 4.03. The minimum absolute atomic E-state index is 0.190. The van der Waals surface area contributed by atoms with Crippen LogP contribution in [0.25, 0.3) is 0 Å². The second-order valence-corrected chi connectivity index (χ2v) is 3.58. The number of aryl methyl sites for hydroxylation is 2. The number of aliphatic hydroxyl groups excluding tert-OH is 1. The van der Waals surface area contributed by atoms with Gasteiger partial charge < -0.3 is 9.67 Å². The highest BCUT2D eigenvalue weighted by Gasteiger charge is 2.01. The molecule has 0 amide bonds. The molecule has 0 aliphatic carbocycles. The van der Waals surface area contributed by atoms with Crippen LogP contribution in [-0.2, 0) is 13.0 Å². The van der Waals surface area contributed by atoms with Crippen LogP contribution >= 0.6 is 0 Å². The first-order chi connectivity index (χ1) is 6.24. The molecule has 0 aliphatic heterocycles. The molecule has 2 nitrogen and oxygen atoms in total. The first-order valence-electron chi connectivity index (χ1n) is 5.06. The lowest BCUT2D eigenvalue weighted by Gasteiger charge is -2.08. The van der Waals surface area contributed by atoms with Crippen LogP contribution in [0.2, 0.25) is 0 Å². The van der Waals surface area contributed by atoms with E-state index in [0.29, 0.717) is 0 Å². The predicted molar refractivity (Wildman–Crippen MR) is 54.7 cm³/mol. The number of aromatic nitrogens is 1. The van der Waals surface area contributed by atoms with Crippen LogP contribution in [0.15, 0.2) is 18.3 Å². The number of nitrogens with zero attached hydrogens (tertiary/aromatic N) is 1. The van der Waals surface area contributed by atoms with Gasteiger partial charge in [-0.15, -0.1) is 0 Å². The minimum atomic E-state index is -0.190. The first-order valence-corrected chi connectivity index (χ1v) is 5.06. The van der Waals surface area contributed by atoms with Gasteiger partial charge >= 0.3 is 0 Å². The largest absolute Gasteiger partial charge is 0.393 e. The highest BCUT2D eigenvalue weighted by Crippen LogP contribution is 2.07. The van der Waals surface area contributed by atoms with Crippen molar-refractivity contribution in [3.05, 3.63) is 24.0 Å². The van der Waals surface area contributed by atoms with E-state index >= 15 is 0 Å². The molecule has 0 aliphatic rings. The highest BCUT2D eigenvalue weighted by atomic mass is 16.3. The summed E-state index contributed by atoms with van der Waals surface area (Å²) in [7, 11) is 0. The average Bonchev–Trinajstić information content (AvgIpc) is 2.49. The van der Waals surface area contributed by atoms with E-state index < -0.39 is 0 Å². The Balaban J connectivity index is 2.49. The van der Waals surface area contributed by atoms with Crippen LogP contribution < -0.4 is 0 Å². The van der Waals surface area contributed by atoms with E-state index in [4.69, 9.17) is 5.11 Å². The van der Waals surface area contributed by atoms with Crippen molar-refractivity contribution in [1.82, 2.24) is 4.57 Å². The Morgan fingerprint density at radius 1 is 1.54 bits per heavy atom. The molecule has 0 fully saturated rings. The van der Waals surface area contributed by atoms with Crippen LogP contribution in [0.3, 0.4) is 0 Å². The lowest BCUT2D eigenvalue weighted by atomic mass is 10.2. The van der Waals surface area contributed by atoms with Crippen molar-refractivity contribution in [3.63, 3.8) is 0 Å². The van der Waals surface area contributed by atoms with Crippen molar-refractivity contribution < 1.29 is 5.11 Å². The molecule has 0 aromatic carbocycles. The third-order valence-corrected chi connectivity index (χ3v) is 2.21. The topological polar surface area (TPSA) is 25.2 Å². The summed E-state index contributed by atoms with van der Waals surface area (Å²) < 4.78 is 2.27. The van der Waals surface area contributed by atoms with Gasteiger partial charge in [0.1, 0.15) is 0 Å². The van der Waals surface area contributed by atoms with Crippen molar-refractivity contribution in [2.24, 2.45) is 0 Å². The summed E-state index contributed by atoms with van der Waals surface area (Å²) in [4.78, 5) is 0. The summed E-state index contributed by atoms with van der Waals surface area (Å²) in [5.41, 5.74) is 1.34. The van der Waals surface area contributed by atoms with Gasteiger partial charge in [0.05, 0.1) is 6.10 Å². The third-order valence-electron chi connectivity index (χ3n) is 2.21. The maximum atomic E-state index is 9.16. The average molecular weight is 181 g/mol. The van der Waals surface area contributed by atoms with Crippen molar-refractivity contribution in [2.45, 2.75) is 45.8 Å². The van der Waals surface area contributed by atoms with Gasteiger partial charge in [-0.05, 0) is 38.3 Å². The van der Waals surface area contributed by atoms with Gasteiger partial charge in [0.2, 0.25) is 0 Å². The Morgan fingerprint density at radius 2 is 2.31 bits per heavy atom. The molecule has 1 N–H and O–H groups in total. The van der Waals surface area contributed by atoms with E-state index in [-0.39, 0.29) is 6.10 Å². The second-order valence-electron chi connectivity index (χ2n) is 3.58. The molecule has 13 heavy (non-hydrogen) atoms. The molecule has 0 radical (unpaired) electrons. The summed E-state index contributed by atoms with van der Waals surface area (Å²) >= 11 is 0. The fourth-order valence-corrected chi connectivity index (χ4v) is 1.49. The molecular weight excluding hydrogens is 162 g/mol. The molecule has 0 saturated heterocycles. The van der Waals surface area contributed by atoms with E-state index in [1.165, 1.54) is 5.69 Å². The summed E-state index contributed by atoms with van der Waals surface area (Å²) in [5.74, 6) is 0. The molecule has 1 atom stereocenters. The quantitative estimate of drug-likeness (QED) is 0.740. The second kappa shape index (κ2) is 5.07. The Morgan fingerprint density at radius 3 is 2.92 bits per heavy atom. The van der Waals surface area contributed by atoms with Crippen molar-refractivity contribution in [3.8, 4) is 0 Å². The highest BCUT2D eigenvalue weighted by molar-refractivity contribution is 5.07. The SMILES string of the molecule is CCCn1cccc1CCC(C)O. The maximum absolute atomic E-state index is 9.16. The molecule has 1 rings (SSSR count). The molecule has 2 heteroatoms. The van der Waals surface area contributed by atoms with Crippen molar-refractivity contribution >= 4 is 0 Å². The number of aliphatic hydroxyl groups is 1. The lowest BCUT2D eigenvalue weighted by molar-refractivity contribution is 0.184. The van der Waals surface area contributed by atoms with Gasteiger partial charge in [-0.2, -0.15) is 0 Å². The Labute approximate surface area is 80.2 Å². The predicted octanol–water partition coefficient (Wildman–Crippen LogP) is 2.21. The van der Waals surface area contributed by atoms with Crippen molar-refractivity contribution in [2.75, 3.05) is 0 Å². The van der Waals surface area contributed by atoms with Gasteiger partial charge in [-0.3, -0.25) is 0 Å². The van der Waals surface area contributed by atoms with Crippen LogP contribution in [-0.4, -0.2) is 15.8 Å². The number of hydrogen-bond acceptors (Lipinski definition) is 1. The van der Waals surface area contributed by atoms with E-state index in [0.717, 1.165) is 25.8 Å². The van der Waals surface area contributed by atoms with Gasteiger partial charge in [0.15, 0.2) is 0 Å².